The molecule has 112 valence electrons. The van der Waals surface area contributed by atoms with E-state index in [-0.39, 0.29) is 6.04 Å². The van der Waals surface area contributed by atoms with Crippen molar-refractivity contribution in [1.82, 2.24) is 10.2 Å². The molecule has 0 aliphatic carbocycles. The maximum atomic E-state index is 10.4. The summed E-state index contributed by atoms with van der Waals surface area (Å²) in [6, 6.07) is 9.99. The molecule has 2 N–H and O–H groups in total. The summed E-state index contributed by atoms with van der Waals surface area (Å²) in [4.78, 5) is 2.40. The lowest BCUT2D eigenvalue weighted by atomic mass is 10.0. The first-order valence-electron chi connectivity index (χ1n) is 7.57. The lowest BCUT2D eigenvalue weighted by Crippen LogP contribution is -2.43. The Morgan fingerprint density at radius 2 is 1.95 bits per heavy atom. The number of hydrogen-bond donors (Lipinski definition) is 2. The van der Waals surface area contributed by atoms with Gasteiger partial charge in [0.1, 0.15) is 0 Å². The fourth-order valence-electron chi connectivity index (χ4n) is 2.59. The van der Waals surface area contributed by atoms with Crippen molar-refractivity contribution in [2.45, 2.75) is 25.5 Å². The first-order chi connectivity index (χ1) is 9.81. The zero-order valence-electron chi connectivity index (χ0n) is 12.3. The lowest BCUT2D eigenvalue weighted by Gasteiger charge is -2.28. The van der Waals surface area contributed by atoms with Gasteiger partial charge in [0.25, 0.3) is 0 Å². The minimum Gasteiger partial charge on any atom is -0.387 e. The highest BCUT2D eigenvalue weighted by Crippen LogP contribution is 2.18. The van der Waals surface area contributed by atoms with Gasteiger partial charge in [-0.2, -0.15) is 0 Å². The van der Waals surface area contributed by atoms with Gasteiger partial charge in [-0.15, -0.1) is 0 Å². The summed E-state index contributed by atoms with van der Waals surface area (Å²) in [7, 11) is 0. The number of benzene rings is 1. The molecule has 1 aliphatic rings. The largest absolute Gasteiger partial charge is 0.387 e. The van der Waals surface area contributed by atoms with Gasteiger partial charge in [-0.1, -0.05) is 37.3 Å². The summed E-state index contributed by atoms with van der Waals surface area (Å²) < 4.78 is 5.34. The Bertz CT molecular complexity index is 366. The molecule has 4 nitrogen and oxygen atoms in total. The van der Waals surface area contributed by atoms with Crippen LogP contribution in [-0.2, 0) is 4.74 Å². The number of aliphatic hydroxyl groups is 1. The van der Waals surface area contributed by atoms with Gasteiger partial charge in [0.15, 0.2) is 0 Å². The van der Waals surface area contributed by atoms with Crippen LogP contribution in [0.25, 0.3) is 0 Å². The minimum absolute atomic E-state index is 0.110. The van der Waals surface area contributed by atoms with Gasteiger partial charge in [0.05, 0.1) is 19.3 Å². The van der Waals surface area contributed by atoms with Crippen molar-refractivity contribution >= 4 is 0 Å². The molecule has 20 heavy (non-hydrogen) atoms. The fourth-order valence-corrected chi connectivity index (χ4v) is 2.59. The van der Waals surface area contributed by atoms with E-state index in [1.807, 2.05) is 30.3 Å². The molecule has 1 aromatic rings. The fraction of sp³-hybridized carbons (Fsp3) is 0.625. The Hall–Kier alpha value is -0.940. The predicted octanol–water partition coefficient (Wildman–Crippen LogP) is 1.42. The smallest absolute Gasteiger partial charge is 0.0942 e. The SMILES string of the molecule is CCC(NCCN1CCOCC1)C(O)c1ccccc1. The summed E-state index contributed by atoms with van der Waals surface area (Å²) in [6.07, 6.45) is 0.477. The molecule has 0 spiro atoms. The average molecular weight is 278 g/mol. The molecule has 2 rings (SSSR count). The number of nitrogens with one attached hydrogen (secondary N) is 1. The second kappa shape index (κ2) is 8.37. The van der Waals surface area contributed by atoms with Crippen LogP contribution in [-0.4, -0.2) is 55.4 Å². The zero-order chi connectivity index (χ0) is 14.2. The van der Waals surface area contributed by atoms with Crippen LogP contribution in [0.1, 0.15) is 25.0 Å². The van der Waals surface area contributed by atoms with Gasteiger partial charge in [-0.3, -0.25) is 4.90 Å². The molecule has 0 saturated carbocycles. The van der Waals surface area contributed by atoms with Crippen molar-refractivity contribution in [3.8, 4) is 0 Å². The number of ether oxygens (including phenoxy) is 1. The van der Waals surface area contributed by atoms with E-state index in [1.54, 1.807) is 0 Å². The first kappa shape index (κ1) is 15.4. The van der Waals surface area contributed by atoms with Gasteiger partial charge < -0.3 is 15.2 Å². The van der Waals surface area contributed by atoms with Crippen LogP contribution in [0.2, 0.25) is 0 Å². The second-order valence-corrected chi connectivity index (χ2v) is 5.28. The van der Waals surface area contributed by atoms with Crippen molar-refractivity contribution in [3.63, 3.8) is 0 Å². The first-order valence-corrected chi connectivity index (χ1v) is 7.57. The third-order valence-corrected chi connectivity index (χ3v) is 3.90. The van der Waals surface area contributed by atoms with Gasteiger partial charge in [0, 0.05) is 32.2 Å². The molecule has 1 heterocycles. The highest BCUT2D eigenvalue weighted by molar-refractivity contribution is 5.18. The molecule has 0 bridgehead atoms. The number of aliphatic hydroxyl groups excluding tert-OH is 1. The van der Waals surface area contributed by atoms with Gasteiger partial charge in [-0.05, 0) is 12.0 Å². The predicted molar refractivity (Wildman–Crippen MR) is 80.7 cm³/mol. The van der Waals surface area contributed by atoms with Crippen LogP contribution in [0.5, 0.6) is 0 Å². The third kappa shape index (κ3) is 4.56. The summed E-state index contributed by atoms with van der Waals surface area (Å²) in [5.74, 6) is 0. The van der Waals surface area contributed by atoms with Crippen molar-refractivity contribution in [3.05, 3.63) is 35.9 Å². The second-order valence-electron chi connectivity index (χ2n) is 5.28. The van der Waals surface area contributed by atoms with E-state index in [9.17, 15) is 5.11 Å². The molecule has 0 aromatic heterocycles. The van der Waals surface area contributed by atoms with E-state index in [1.165, 1.54) is 0 Å². The van der Waals surface area contributed by atoms with Crippen LogP contribution in [0, 0.1) is 0 Å². The summed E-state index contributed by atoms with van der Waals surface area (Å²) in [6.45, 7) is 7.73. The van der Waals surface area contributed by atoms with Crippen molar-refractivity contribution in [1.29, 1.82) is 0 Å². The van der Waals surface area contributed by atoms with E-state index < -0.39 is 6.10 Å². The van der Waals surface area contributed by atoms with E-state index >= 15 is 0 Å². The van der Waals surface area contributed by atoms with E-state index in [2.05, 4.69) is 17.1 Å². The van der Waals surface area contributed by atoms with Crippen LogP contribution in [0.15, 0.2) is 30.3 Å². The Kier molecular flexibility index (Phi) is 6.47. The maximum absolute atomic E-state index is 10.4. The highest BCUT2D eigenvalue weighted by Gasteiger charge is 2.19. The van der Waals surface area contributed by atoms with Crippen molar-refractivity contribution < 1.29 is 9.84 Å². The van der Waals surface area contributed by atoms with E-state index in [4.69, 9.17) is 4.74 Å². The van der Waals surface area contributed by atoms with Gasteiger partial charge in [-0.25, -0.2) is 0 Å². The number of nitrogens with zero attached hydrogens (tertiary/aromatic N) is 1. The number of hydrogen-bond acceptors (Lipinski definition) is 4. The molecule has 0 radical (unpaired) electrons. The molecule has 4 heteroatoms. The number of rotatable bonds is 7. The molecule has 2 unspecified atom stereocenters. The van der Waals surface area contributed by atoms with Crippen molar-refractivity contribution in [2.24, 2.45) is 0 Å². The van der Waals surface area contributed by atoms with E-state index in [0.717, 1.165) is 51.4 Å². The topological polar surface area (TPSA) is 44.7 Å². The van der Waals surface area contributed by atoms with Gasteiger partial charge >= 0.3 is 0 Å². The normalized spacial score (nSPS) is 19.7. The van der Waals surface area contributed by atoms with Crippen LogP contribution in [0.3, 0.4) is 0 Å². The summed E-state index contributed by atoms with van der Waals surface area (Å²) in [5, 5.41) is 13.9. The molecule has 2 atom stereocenters. The molecule has 1 aliphatic heterocycles. The Morgan fingerprint density at radius 1 is 1.25 bits per heavy atom. The van der Waals surface area contributed by atoms with Crippen molar-refractivity contribution in [2.75, 3.05) is 39.4 Å². The number of morpholine rings is 1. The van der Waals surface area contributed by atoms with Gasteiger partial charge in [0.2, 0.25) is 0 Å². The molecular formula is C16H26N2O2. The quantitative estimate of drug-likeness (QED) is 0.792. The lowest BCUT2D eigenvalue weighted by molar-refractivity contribution is 0.0369. The highest BCUT2D eigenvalue weighted by atomic mass is 16.5. The summed E-state index contributed by atoms with van der Waals surface area (Å²) in [5.41, 5.74) is 0.984. The molecule has 1 fully saturated rings. The monoisotopic (exact) mass is 278 g/mol. The van der Waals surface area contributed by atoms with E-state index in [0.29, 0.717) is 0 Å². The minimum atomic E-state index is -0.439. The van der Waals surface area contributed by atoms with Crippen LogP contribution in [0.4, 0.5) is 0 Å². The zero-order valence-corrected chi connectivity index (χ0v) is 12.3. The Labute approximate surface area is 121 Å². The average Bonchev–Trinajstić information content (AvgIpc) is 2.53. The molecule has 1 aromatic carbocycles. The third-order valence-electron chi connectivity index (χ3n) is 3.90. The summed E-state index contributed by atoms with van der Waals surface area (Å²) >= 11 is 0. The van der Waals surface area contributed by atoms with Crippen LogP contribution >= 0.6 is 0 Å². The standard InChI is InChI=1S/C16H26N2O2/c1-2-15(16(19)14-6-4-3-5-7-14)17-8-9-18-10-12-20-13-11-18/h3-7,15-17,19H,2,8-13H2,1H3. The maximum Gasteiger partial charge on any atom is 0.0942 e. The molecule has 1 saturated heterocycles. The Morgan fingerprint density at radius 3 is 2.60 bits per heavy atom. The molecule has 0 amide bonds. The molecular weight excluding hydrogens is 252 g/mol. The van der Waals surface area contributed by atoms with Crippen LogP contribution < -0.4 is 5.32 Å². The Balaban J connectivity index is 1.76.